The van der Waals surface area contributed by atoms with E-state index in [4.69, 9.17) is 0 Å². The van der Waals surface area contributed by atoms with Crippen LogP contribution in [0.25, 0.3) is 0 Å². The number of para-hydroxylation sites is 1. The summed E-state index contributed by atoms with van der Waals surface area (Å²) in [5.41, 5.74) is 1.05. The SMILES string of the molecule is CC.CCC(C)c1ccccc1O. The van der Waals surface area contributed by atoms with Crippen LogP contribution in [0.15, 0.2) is 24.3 Å². The van der Waals surface area contributed by atoms with E-state index in [1.807, 2.05) is 32.0 Å². The van der Waals surface area contributed by atoms with Gasteiger partial charge in [-0.2, -0.15) is 0 Å². The molecule has 0 fully saturated rings. The molecule has 0 saturated heterocycles. The van der Waals surface area contributed by atoms with Gasteiger partial charge in [-0.1, -0.05) is 45.9 Å². The molecule has 0 radical (unpaired) electrons. The third kappa shape index (κ3) is 3.49. The first-order chi connectivity index (χ1) is 6.25. The second-order valence-corrected chi connectivity index (χ2v) is 2.87. The lowest BCUT2D eigenvalue weighted by atomic mass is 9.98. The van der Waals surface area contributed by atoms with E-state index in [0.29, 0.717) is 11.7 Å². The fourth-order valence-corrected chi connectivity index (χ4v) is 1.12. The van der Waals surface area contributed by atoms with E-state index in [0.717, 1.165) is 12.0 Å². The monoisotopic (exact) mass is 180 g/mol. The maximum Gasteiger partial charge on any atom is 0.119 e. The van der Waals surface area contributed by atoms with E-state index >= 15 is 0 Å². The summed E-state index contributed by atoms with van der Waals surface area (Å²) in [6.45, 7) is 8.24. The standard InChI is InChI=1S/C10H14O.C2H6/c1-3-8(2)9-6-4-5-7-10(9)11;1-2/h4-8,11H,3H2,1-2H3;1-2H3. The molecule has 1 N–H and O–H groups in total. The Balaban J connectivity index is 0.000000671. The molecule has 0 heterocycles. The summed E-state index contributed by atoms with van der Waals surface area (Å²) in [5, 5.41) is 9.41. The highest BCUT2D eigenvalue weighted by molar-refractivity contribution is 5.34. The summed E-state index contributed by atoms with van der Waals surface area (Å²) in [7, 11) is 0. The number of benzene rings is 1. The number of aromatic hydroxyl groups is 1. The van der Waals surface area contributed by atoms with Crippen molar-refractivity contribution in [3.8, 4) is 5.75 Å². The van der Waals surface area contributed by atoms with Crippen molar-refractivity contribution in [2.45, 2.75) is 40.0 Å². The number of phenols is 1. The molecule has 0 bridgehead atoms. The Morgan fingerprint density at radius 1 is 1.23 bits per heavy atom. The lowest BCUT2D eigenvalue weighted by molar-refractivity contribution is 0.462. The van der Waals surface area contributed by atoms with Crippen LogP contribution < -0.4 is 0 Å². The maximum atomic E-state index is 9.41. The molecular weight excluding hydrogens is 160 g/mol. The van der Waals surface area contributed by atoms with E-state index in [-0.39, 0.29) is 0 Å². The summed E-state index contributed by atoms with van der Waals surface area (Å²) in [5.74, 6) is 0.873. The topological polar surface area (TPSA) is 20.2 Å². The van der Waals surface area contributed by atoms with Gasteiger partial charge in [0.15, 0.2) is 0 Å². The van der Waals surface area contributed by atoms with Crippen LogP contribution in [0.1, 0.15) is 45.6 Å². The molecule has 13 heavy (non-hydrogen) atoms. The van der Waals surface area contributed by atoms with E-state index in [9.17, 15) is 5.11 Å². The van der Waals surface area contributed by atoms with E-state index in [1.54, 1.807) is 6.07 Å². The van der Waals surface area contributed by atoms with E-state index < -0.39 is 0 Å². The molecule has 1 aromatic carbocycles. The molecule has 1 unspecified atom stereocenters. The average Bonchev–Trinajstić information content (AvgIpc) is 2.20. The van der Waals surface area contributed by atoms with Gasteiger partial charge in [-0.25, -0.2) is 0 Å². The Bertz CT molecular complexity index is 230. The first-order valence-corrected chi connectivity index (χ1v) is 5.03. The lowest BCUT2D eigenvalue weighted by Crippen LogP contribution is -1.90. The van der Waals surface area contributed by atoms with Gasteiger partial charge in [-0.3, -0.25) is 0 Å². The third-order valence-corrected chi connectivity index (χ3v) is 2.08. The van der Waals surface area contributed by atoms with Crippen molar-refractivity contribution in [1.82, 2.24) is 0 Å². The summed E-state index contributed by atoms with van der Waals surface area (Å²) in [6, 6.07) is 7.52. The molecule has 74 valence electrons. The zero-order chi connectivity index (χ0) is 10.3. The Morgan fingerprint density at radius 3 is 2.23 bits per heavy atom. The average molecular weight is 180 g/mol. The van der Waals surface area contributed by atoms with Gasteiger partial charge in [0.1, 0.15) is 5.75 Å². The second-order valence-electron chi connectivity index (χ2n) is 2.87. The minimum absolute atomic E-state index is 0.418. The van der Waals surface area contributed by atoms with Crippen LogP contribution in [-0.4, -0.2) is 5.11 Å². The van der Waals surface area contributed by atoms with Gasteiger partial charge in [-0.15, -0.1) is 0 Å². The fourth-order valence-electron chi connectivity index (χ4n) is 1.12. The van der Waals surface area contributed by atoms with Gasteiger partial charge in [0, 0.05) is 0 Å². The molecule has 1 rings (SSSR count). The minimum Gasteiger partial charge on any atom is -0.508 e. The third-order valence-electron chi connectivity index (χ3n) is 2.08. The number of hydrogen-bond donors (Lipinski definition) is 1. The number of phenolic OH excluding ortho intramolecular Hbond substituents is 1. The highest BCUT2D eigenvalue weighted by Gasteiger charge is 2.05. The molecule has 0 spiro atoms. The van der Waals surface area contributed by atoms with Crippen LogP contribution in [0.5, 0.6) is 5.75 Å². The highest BCUT2D eigenvalue weighted by Crippen LogP contribution is 2.26. The lowest BCUT2D eigenvalue weighted by Gasteiger charge is -2.09. The van der Waals surface area contributed by atoms with Crippen LogP contribution in [0.4, 0.5) is 0 Å². The van der Waals surface area contributed by atoms with Crippen LogP contribution in [0.3, 0.4) is 0 Å². The Hall–Kier alpha value is -0.980. The molecule has 1 nitrogen and oxygen atoms in total. The molecule has 0 amide bonds. The number of rotatable bonds is 2. The maximum absolute atomic E-state index is 9.41. The molecule has 1 aromatic rings. The summed E-state index contributed by atoms with van der Waals surface area (Å²) in [4.78, 5) is 0. The van der Waals surface area contributed by atoms with Gasteiger partial charge in [0.05, 0.1) is 0 Å². The van der Waals surface area contributed by atoms with Crippen molar-refractivity contribution < 1.29 is 5.11 Å². The van der Waals surface area contributed by atoms with Gasteiger partial charge in [0.2, 0.25) is 0 Å². The largest absolute Gasteiger partial charge is 0.508 e. The zero-order valence-electron chi connectivity index (χ0n) is 9.04. The van der Waals surface area contributed by atoms with Gasteiger partial charge < -0.3 is 5.11 Å². The second kappa shape index (κ2) is 6.53. The molecular formula is C12H20O. The predicted octanol–water partition coefficient (Wildman–Crippen LogP) is 3.93. The van der Waals surface area contributed by atoms with Gasteiger partial charge >= 0.3 is 0 Å². The van der Waals surface area contributed by atoms with Crippen LogP contribution in [0, 0.1) is 0 Å². The van der Waals surface area contributed by atoms with Crippen LogP contribution in [0.2, 0.25) is 0 Å². The van der Waals surface area contributed by atoms with Crippen LogP contribution >= 0.6 is 0 Å². The molecule has 1 heteroatoms. The van der Waals surface area contributed by atoms with Gasteiger partial charge in [0.25, 0.3) is 0 Å². The smallest absolute Gasteiger partial charge is 0.119 e. The predicted molar refractivity (Wildman–Crippen MR) is 58.2 cm³/mol. The minimum atomic E-state index is 0.418. The number of hydrogen-bond acceptors (Lipinski definition) is 1. The van der Waals surface area contributed by atoms with Gasteiger partial charge in [-0.05, 0) is 24.0 Å². The molecule has 1 atom stereocenters. The molecule has 0 aliphatic heterocycles. The highest BCUT2D eigenvalue weighted by atomic mass is 16.3. The molecule has 0 aliphatic carbocycles. The molecule has 0 aliphatic rings. The fraction of sp³-hybridized carbons (Fsp3) is 0.500. The molecule has 0 aromatic heterocycles. The van der Waals surface area contributed by atoms with Crippen LogP contribution in [-0.2, 0) is 0 Å². The van der Waals surface area contributed by atoms with Crippen molar-refractivity contribution in [2.24, 2.45) is 0 Å². The Labute approximate surface area is 81.4 Å². The Kier molecular flexibility index (Phi) is 6.03. The zero-order valence-corrected chi connectivity index (χ0v) is 9.04. The first kappa shape index (κ1) is 12.0. The molecule has 0 saturated carbocycles. The first-order valence-electron chi connectivity index (χ1n) is 5.03. The summed E-state index contributed by atoms with van der Waals surface area (Å²) in [6.07, 6.45) is 1.07. The summed E-state index contributed by atoms with van der Waals surface area (Å²) < 4.78 is 0. The van der Waals surface area contributed by atoms with Crippen molar-refractivity contribution in [3.05, 3.63) is 29.8 Å². The van der Waals surface area contributed by atoms with E-state index in [1.165, 1.54) is 0 Å². The summed E-state index contributed by atoms with van der Waals surface area (Å²) >= 11 is 0. The van der Waals surface area contributed by atoms with Crippen molar-refractivity contribution >= 4 is 0 Å². The van der Waals surface area contributed by atoms with E-state index in [2.05, 4.69) is 13.8 Å². The quantitative estimate of drug-likeness (QED) is 0.731. The normalized spacial score (nSPS) is 11.4. The van der Waals surface area contributed by atoms with Crippen molar-refractivity contribution in [3.63, 3.8) is 0 Å². The van der Waals surface area contributed by atoms with Crippen molar-refractivity contribution in [2.75, 3.05) is 0 Å². The Morgan fingerprint density at radius 2 is 1.77 bits per heavy atom. The van der Waals surface area contributed by atoms with Crippen molar-refractivity contribution in [1.29, 1.82) is 0 Å².